The molecule has 1 aliphatic rings. The maximum Gasteiger partial charge on any atom is 0.347 e. The molecule has 8 heteroatoms. The third-order valence-electron chi connectivity index (χ3n) is 4.38. The SMILES string of the molecule is Cc1ccc(OC(C)C(=O)OCC(=O)Nc2ccc3c(c2)C(=O)N(C)C3=O)cc1. The maximum absolute atomic E-state index is 12.1. The number of ether oxygens (including phenoxy) is 2. The van der Waals surface area contributed by atoms with Crippen LogP contribution in [0, 0.1) is 6.92 Å². The fourth-order valence-electron chi connectivity index (χ4n) is 2.76. The molecule has 2 aromatic rings. The van der Waals surface area contributed by atoms with Crippen molar-refractivity contribution < 1.29 is 28.7 Å². The van der Waals surface area contributed by atoms with Gasteiger partial charge in [0.1, 0.15) is 5.75 Å². The van der Waals surface area contributed by atoms with Crippen LogP contribution in [0.1, 0.15) is 33.2 Å². The van der Waals surface area contributed by atoms with Gasteiger partial charge in [0, 0.05) is 12.7 Å². The molecule has 1 heterocycles. The fraction of sp³-hybridized carbons (Fsp3) is 0.238. The number of imide groups is 1. The zero-order chi connectivity index (χ0) is 21.1. The summed E-state index contributed by atoms with van der Waals surface area (Å²) in [6.45, 7) is 2.96. The van der Waals surface area contributed by atoms with E-state index in [9.17, 15) is 19.2 Å². The van der Waals surface area contributed by atoms with E-state index in [0.717, 1.165) is 10.5 Å². The number of rotatable bonds is 6. The van der Waals surface area contributed by atoms with E-state index in [0.29, 0.717) is 11.4 Å². The summed E-state index contributed by atoms with van der Waals surface area (Å²) in [5, 5.41) is 2.53. The highest BCUT2D eigenvalue weighted by Gasteiger charge is 2.32. The smallest absolute Gasteiger partial charge is 0.347 e. The highest BCUT2D eigenvalue weighted by molar-refractivity contribution is 6.21. The average molecular weight is 396 g/mol. The third kappa shape index (κ3) is 4.43. The van der Waals surface area contributed by atoms with Crippen molar-refractivity contribution in [3.63, 3.8) is 0 Å². The lowest BCUT2D eigenvalue weighted by atomic mass is 10.1. The van der Waals surface area contributed by atoms with Gasteiger partial charge in [-0.3, -0.25) is 19.3 Å². The number of hydrogen-bond donors (Lipinski definition) is 1. The fourth-order valence-corrected chi connectivity index (χ4v) is 2.76. The maximum atomic E-state index is 12.1. The van der Waals surface area contributed by atoms with Crippen molar-refractivity contribution in [2.75, 3.05) is 19.0 Å². The molecule has 3 amide bonds. The molecule has 0 saturated heterocycles. The zero-order valence-electron chi connectivity index (χ0n) is 16.2. The summed E-state index contributed by atoms with van der Waals surface area (Å²) in [6, 6.07) is 11.6. The molecule has 150 valence electrons. The third-order valence-corrected chi connectivity index (χ3v) is 4.38. The Morgan fingerprint density at radius 2 is 1.69 bits per heavy atom. The number of carbonyl (C=O) groups is 4. The molecule has 1 N–H and O–H groups in total. The second-order valence-corrected chi connectivity index (χ2v) is 6.66. The molecule has 1 atom stereocenters. The number of anilines is 1. The normalized spacial score (nSPS) is 13.7. The van der Waals surface area contributed by atoms with E-state index in [1.165, 1.54) is 32.2 Å². The van der Waals surface area contributed by atoms with Gasteiger partial charge in [0.25, 0.3) is 17.7 Å². The predicted molar refractivity (Wildman–Crippen MR) is 104 cm³/mol. The predicted octanol–water partition coefficient (Wildman–Crippen LogP) is 2.17. The second kappa shape index (κ2) is 8.14. The quantitative estimate of drug-likeness (QED) is 0.593. The number of esters is 1. The summed E-state index contributed by atoms with van der Waals surface area (Å²) >= 11 is 0. The standard InChI is InChI=1S/C21H20N2O6/c1-12-4-7-15(8-5-12)29-13(2)21(27)28-11-18(24)22-14-6-9-16-17(10-14)20(26)23(3)19(16)25/h4-10,13H,11H2,1-3H3,(H,22,24). The summed E-state index contributed by atoms with van der Waals surface area (Å²) in [7, 11) is 1.39. The van der Waals surface area contributed by atoms with Gasteiger partial charge < -0.3 is 14.8 Å². The van der Waals surface area contributed by atoms with Crippen LogP contribution in [0.15, 0.2) is 42.5 Å². The number of fused-ring (bicyclic) bond motifs is 1. The van der Waals surface area contributed by atoms with Gasteiger partial charge in [-0.1, -0.05) is 17.7 Å². The Morgan fingerprint density at radius 3 is 2.38 bits per heavy atom. The summed E-state index contributed by atoms with van der Waals surface area (Å²) in [5.41, 5.74) is 1.88. The van der Waals surface area contributed by atoms with Crippen molar-refractivity contribution in [2.45, 2.75) is 20.0 Å². The van der Waals surface area contributed by atoms with E-state index in [1.54, 1.807) is 12.1 Å². The number of aryl methyl sites for hydroxylation is 1. The number of nitrogens with one attached hydrogen (secondary N) is 1. The monoisotopic (exact) mass is 396 g/mol. The molecule has 3 rings (SSSR count). The first kappa shape index (κ1) is 20.1. The van der Waals surface area contributed by atoms with E-state index in [2.05, 4.69) is 5.32 Å². The number of carbonyl (C=O) groups excluding carboxylic acids is 4. The first-order valence-corrected chi connectivity index (χ1v) is 8.92. The molecule has 0 aliphatic carbocycles. The van der Waals surface area contributed by atoms with Crippen LogP contribution in [0.5, 0.6) is 5.75 Å². The lowest BCUT2D eigenvalue weighted by molar-refractivity contribution is -0.153. The van der Waals surface area contributed by atoms with Gasteiger partial charge in [0.2, 0.25) is 0 Å². The molecule has 0 saturated carbocycles. The first-order valence-electron chi connectivity index (χ1n) is 8.92. The molecule has 0 aromatic heterocycles. The Labute approximate surface area is 167 Å². The molecule has 0 bridgehead atoms. The average Bonchev–Trinajstić information content (AvgIpc) is 2.91. The molecule has 1 aliphatic heterocycles. The van der Waals surface area contributed by atoms with Crippen LogP contribution >= 0.6 is 0 Å². The van der Waals surface area contributed by atoms with Crippen molar-refractivity contribution in [2.24, 2.45) is 0 Å². The summed E-state index contributed by atoms with van der Waals surface area (Å²) in [4.78, 5) is 49.0. The Balaban J connectivity index is 1.52. The van der Waals surface area contributed by atoms with Crippen molar-refractivity contribution in [3.8, 4) is 5.75 Å². The van der Waals surface area contributed by atoms with Gasteiger partial charge in [-0.25, -0.2) is 4.79 Å². The van der Waals surface area contributed by atoms with E-state index in [-0.39, 0.29) is 17.0 Å². The molecule has 29 heavy (non-hydrogen) atoms. The molecule has 0 spiro atoms. The van der Waals surface area contributed by atoms with Gasteiger partial charge in [0.05, 0.1) is 11.1 Å². The van der Waals surface area contributed by atoms with Crippen molar-refractivity contribution in [1.29, 1.82) is 0 Å². The van der Waals surface area contributed by atoms with E-state index in [4.69, 9.17) is 9.47 Å². The van der Waals surface area contributed by atoms with Gasteiger partial charge in [-0.2, -0.15) is 0 Å². The number of nitrogens with zero attached hydrogens (tertiary/aromatic N) is 1. The highest BCUT2D eigenvalue weighted by Crippen LogP contribution is 2.24. The highest BCUT2D eigenvalue weighted by atomic mass is 16.6. The second-order valence-electron chi connectivity index (χ2n) is 6.66. The largest absolute Gasteiger partial charge is 0.479 e. The lowest BCUT2D eigenvalue weighted by Gasteiger charge is -2.14. The summed E-state index contributed by atoms with van der Waals surface area (Å²) in [5.74, 6) is -1.57. The van der Waals surface area contributed by atoms with Crippen molar-refractivity contribution >= 4 is 29.4 Å². The number of hydrogen-bond acceptors (Lipinski definition) is 6. The number of benzene rings is 2. The lowest BCUT2D eigenvalue weighted by Crippen LogP contribution is -2.29. The molecule has 1 unspecified atom stereocenters. The minimum atomic E-state index is -0.885. The van der Waals surface area contributed by atoms with Crippen LogP contribution < -0.4 is 10.1 Å². The van der Waals surface area contributed by atoms with Gasteiger partial charge in [0.15, 0.2) is 12.7 Å². The Hall–Kier alpha value is -3.68. The Kier molecular flexibility index (Phi) is 5.63. The van der Waals surface area contributed by atoms with Crippen LogP contribution in [-0.2, 0) is 14.3 Å². The Morgan fingerprint density at radius 1 is 1.03 bits per heavy atom. The summed E-state index contributed by atoms with van der Waals surface area (Å²) in [6.07, 6.45) is -0.885. The van der Waals surface area contributed by atoms with Gasteiger partial charge >= 0.3 is 5.97 Å². The van der Waals surface area contributed by atoms with E-state index >= 15 is 0 Å². The summed E-state index contributed by atoms with van der Waals surface area (Å²) < 4.78 is 10.5. The van der Waals surface area contributed by atoms with Crippen LogP contribution in [0.4, 0.5) is 5.69 Å². The minimum absolute atomic E-state index is 0.215. The zero-order valence-corrected chi connectivity index (χ0v) is 16.2. The van der Waals surface area contributed by atoms with Crippen LogP contribution in [-0.4, -0.2) is 48.3 Å². The molecule has 8 nitrogen and oxygen atoms in total. The van der Waals surface area contributed by atoms with E-state index in [1.807, 2.05) is 19.1 Å². The first-order chi connectivity index (χ1) is 13.8. The van der Waals surface area contributed by atoms with Crippen LogP contribution in [0.3, 0.4) is 0 Å². The topological polar surface area (TPSA) is 102 Å². The Bertz CT molecular complexity index is 983. The van der Waals surface area contributed by atoms with Crippen LogP contribution in [0.2, 0.25) is 0 Å². The molecular formula is C21H20N2O6. The molecular weight excluding hydrogens is 376 g/mol. The van der Waals surface area contributed by atoms with E-state index < -0.39 is 30.5 Å². The minimum Gasteiger partial charge on any atom is -0.479 e. The van der Waals surface area contributed by atoms with Gasteiger partial charge in [-0.15, -0.1) is 0 Å². The molecule has 0 fully saturated rings. The van der Waals surface area contributed by atoms with Crippen molar-refractivity contribution in [1.82, 2.24) is 4.90 Å². The van der Waals surface area contributed by atoms with Crippen LogP contribution in [0.25, 0.3) is 0 Å². The van der Waals surface area contributed by atoms with Crippen molar-refractivity contribution in [3.05, 3.63) is 59.2 Å². The van der Waals surface area contributed by atoms with Gasteiger partial charge in [-0.05, 0) is 44.2 Å². The molecule has 0 radical (unpaired) electrons. The number of amides is 3. The molecule has 2 aromatic carbocycles.